The van der Waals surface area contributed by atoms with Crippen LogP contribution in [0.2, 0.25) is 0 Å². The average Bonchev–Trinajstić information content (AvgIpc) is 3.29. The molecule has 0 aliphatic carbocycles. The van der Waals surface area contributed by atoms with Crippen LogP contribution < -0.4 is 5.32 Å². The number of hydrogen-bond donors (Lipinski definition) is 2. The first-order valence-corrected chi connectivity index (χ1v) is 9.59. The van der Waals surface area contributed by atoms with Gasteiger partial charge in [0.2, 0.25) is 0 Å². The van der Waals surface area contributed by atoms with E-state index in [2.05, 4.69) is 33.1 Å². The maximum atomic E-state index is 12.6. The molecule has 0 saturated heterocycles. The van der Waals surface area contributed by atoms with Crippen LogP contribution in [0.4, 0.5) is 0 Å². The average molecular weight is 402 g/mol. The van der Waals surface area contributed by atoms with Crippen molar-refractivity contribution >= 4 is 30.2 Å². The summed E-state index contributed by atoms with van der Waals surface area (Å²) in [5.74, 6) is -0.905. The predicted molar refractivity (Wildman–Crippen MR) is 106 cm³/mol. The maximum Gasteiger partial charge on any atom is 0.329 e. The quantitative estimate of drug-likeness (QED) is 0.459. The Balaban J connectivity index is 1.93. The Hall–Kier alpha value is -2.88. The van der Waals surface area contributed by atoms with Gasteiger partial charge in [0.1, 0.15) is 6.04 Å². The van der Waals surface area contributed by atoms with Crippen LogP contribution >= 0.6 is 12.6 Å². The first-order chi connectivity index (χ1) is 13.5. The van der Waals surface area contributed by atoms with Gasteiger partial charge in [0, 0.05) is 35.8 Å². The van der Waals surface area contributed by atoms with E-state index in [0.717, 1.165) is 23.5 Å². The van der Waals surface area contributed by atoms with Gasteiger partial charge >= 0.3 is 5.97 Å². The molecule has 0 radical (unpaired) electrons. The largest absolute Gasteiger partial charge is 0.464 e. The third-order valence-corrected chi connectivity index (χ3v) is 4.69. The van der Waals surface area contributed by atoms with Crippen LogP contribution in [0, 0.1) is 6.92 Å². The SMILES string of the molecule is CCOC(=O)[C@H](CS)NC(=O)c1cc2nccc(-c3cnn(CC)c3C)n2n1. The molecule has 0 bridgehead atoms. The topological polar surface area (TPSA) is 103 Å². The summed E-state index contributed by atoms with van der Waals surface area (Å²) >= 11 is 4.11. The molecule has 1 atom stereocenters. The molecule has 0 unspecified atom stereocenters. The number of thiol groups is 1. The number of hydrogen-bond acceptors (Lipinski definition) is 7. The number of carbonyl (C=O) groups excluding carboxylic acids is 2. The molecule has 10 heteroatoms. The second-order valence-electron chi connectivity index (χ2n) is 6.05. The number of carbonyl (C=O) groups is 2. The normalized spacial score (nSPS) is 12.1. The van der Waals surface area contributed by atoms with E-state index in [1.54, 1.807) is 29.9 Å². The van der Waals surface area contributed by atoms with Crippen LogP contribution in [0.15, 0.2) is 24.5 Å². The monoisotopic (exact) mass is 402 g/mol. The van der Waals surface area contributed by atoms with Crippen molar-refractivity contribution in [3.05, 3.63) is 35.9 Å². The minimum atomic E-state index is -0.849. The number of nitrogens with zero attached hydrogens (tertiary/aromatic N) is 5. The van der Waals surface area contributed by atoms with E-state index in [-0.39, 0.29) is 18.1 Å². The molecule has 0 spiro atoms. The van der Waals surface area contributed by atoms with Crippen LogP contribution in [0.5, 0.6) is 0 Å². The lowest BCUT2D eigenvalue weighted by Crippen LogP contribution is -2.43. The highest BCUT2D eigenvalue weighted by Crippen LogP contribution is 2.23. The van der Waals surface area contributed by atoms with Gasteiger partial charge in [-0.05, 0) is 26.8 Å². The number of esters is 1. The van der Waals surface area contributed by atoms with Gasteiger partial charge in [-0.3, -0.25) is 9.48 Å². The van der Waals surface area contributed by atoms with Crippen molar-refractivity contribution in [3.63, 3.8) is 0 Å². The molecule has 3 rings (SSSR count). The van der Waals surface area contributed by atoms with Crippen molar-refractivity contribution in [2.24, 2.45) is 0 Å². The van der Waals surface area contributed by atoms with Crippen LogP contribution in [0.1, 0.15) is 30.0 Å². The molecular weight excluding hydrogens is 380 g/mol. The smallest absolute Gasteiger partial charge is 0.329 e. The fourth-order valence-electron chi connectivity index (χ4n) is 2.88. The lowest BCUT2D eigenvalue weighted by Gasteiger charge is -2.13. The van der Waals surface area contributed by atoms with E-state index in [9.17, 15) is 9.59 Å². The van der Waals surface area contributed by atoms with Crippen molar-refractivity contribution < 1.29 is 14.3 Å². The summed E-state index contributed by atoms with van der Waals surface area (Å²) in [4.78, 5) is 28.7. The summed E-state index contributed by atoms with van der Waals surface area (Å²) in [6.07, 6.45) is 3.43. The molecule has 1 amide bonds. The van der Waals surface area contributed by atoms with Crippen molar-refractivity contribution in [2.45, 2.75) is 33.4 Å². The van der Waals surface area contributed by atoms with Crippen molar-refractivity contribution in [2.75, 3.05) is 12.4 Å². The summed E-state index contributed by atoms with van der Waals surface area (Å²) < 4.78 is 8.42. The third kappa shape index (κ3) is 3.72. The highest BCUT2D eigenvalue weighted by molar-refractivity contribution is 7.80. The van der Waals surface area contributed by atoms with E-state index in [1.165, 1.54) is 0 Å². The first-order valence-electron chi connectivity index (χ1n) is 8.96. The molecule has 0 fully saturated rings. The summed E-state index contributed by atoms with van der Waals surface area (Å²) in [7, 11) is 0. The molecule has 0 aromatic carbocycles. The molecule has 1 N–H and O–H groups in total. The number of rotatable bonds is 7. The lowest BCUT2D eigenvalue weighted by atomic mass is 10.2. The number of ether oxygens (including phenoxy) is 1. The highest BCUT2D eigenvalue weighted by Gasteiger charge is 2.23. The molecule has 9 nitrogen and oxygen atoms in total. The van der Waals surface area contributed by atoms with Gasteiger partial charge in [-0.1, -0.05) is 0 Å². The van der Waals surface area contributed by atoms with E-state index in [4.69, 9.17) is 4.74 Å². The Bertz CT molecular complexity index is 1010. The Morgan fingerprint density at radius 3 is 2.79 bits per heavy atom. The zero-order chi connectivity index (χ0) is 20.3. The van der Waals surface area contributed by atoms with Gasteiger partial charge in [0.15, 0.2) is 11.3 Å². The third-order valence-electron chi connectivity index (χ3n) is 4.33. The zero-order valence-electron chi connectivity index (χ0n) is 15.9. The fraction of sp³-hybridized carbons (Fsp3) is 0.389. The zero-order valence-corrected chi connectivity index (χ0v) is 16.8. The van der Waals surface area contributed by atoms with Gasteiger partial charge in [-0.2, -0.15) is 22.8 Å². The van der Waals surface area contributed by atoms with E-state index in [0.29, 0.717) is 5.65 Å². The highest BCUT2D eigenvalue weighted by atomic mass is 32.1. The Kier molecular flexibility index (Phi) is 5.98. The van der Waals surface area contributed by atoms with Crippen LogP contribution in [-0.2, 0) is 16.1 Å². The number of aryl methyl sites for hydroxylation is 1. The first kappa shape index (κ1) is 19.9. The summed E-state index contributed by atoms with van der Waals surface area (Å²) in [5.41, 5.74) is 3.34. The molecule has 148 valence electrons. The Morgan fingerprint density at radius 1 is 1.36 bits per heavy atom. The van der Waals surface area contributed by atoms with Crippen LogP contribution in [-0.4, -0.2) is 54.7 Å². The second kappa shape index (κ2) is 8.42. The van der Waals surface area contributed by atoms with Gasteiger partial charge in [-0.15, -0.1) is 0 Å². The molecule has 3 aromatic heterocycles. The van der Waals surface area contributed by atoms with Crippen molar-refractivity contribution in [3.8, 4) is 11.3 Å². The second-order valence-corrected chi connectivity index (χ2v) is 6.41. The standard InChI is InChI=1S/C18H22N6O3S/c1-4-23-11(3)12(9-20-23)15-6-7-19-16-8-13(22-24(15)16)17(25)21-14(10-28)18(26)27-5-2/h6-9,14,28H,4-5,10H2,1-3H3,(H,21,25)/t14-/m0/s1. The predicted octanol–water partition coefficient (Wildman–Crippen LogP) is 1.51. The lowest BCUT2D eigenvalue weighted by molar-refractivity contribution is -0.144. The summed E-state index contributed by atoms with van der Waals surface area (Å²) in [6.45, 7) is 6.68. The fourth-order valence-corrected chi connectivity index (χ4v) is 3.12. The van der Waals surface area contributed by atoms with Crippen molar-refractivity contribution in [1.82, 2.24) is 29.7 Å². The molecule has 3 aromatic rings. The Labute approximate surface area is 167 Å². The van der Waals surface area contributed by atoms with Gasteiger partial charge < -0.3 is 10.1 Å². The van der Waals surface area contributed by atoms with Crippen molar-refractivity contribution in [1.29, 1.82) is 0 Å². The number of nitrogens with one attached hydrogen (secondary N) is 1. The van der Waals surface area contributed by atoms with Crippen LogP contribution in [0.25, 0.3) is 16.9 Å². The molecule has 0 aliphatic rings. The summed E-state index contributed by atoms with van der Waals surface area (Å²) in [5, 5.41) is 11.4. The van der Waals surface area contributed by atoms with E-state index < -0.39 is 17.9 Å². The van der Waals surface area contributed by atoms with Crippen LogP contribution in [0.3, 0.4) is 0 Å². The minimum Gasteiger partial charge on any atom is -0.464 e. The van der Waals surface area contributed by atoms with E-state index in [1.807, 2.05) is 24.6 Å². The van der Waals surface area contributed by atoms with Gasteiger partial charge in [-0.25, -0.2) is 14.3 Å². The number of aromatic nitrogens is 5. The molecule has 3 heterocycles. The molecule has 0 saturated carbocycles. The molecular formula is C18H22N6O3S. The Morgan fingerprint density at radius 2 is 2.14 bits per heavy atom. The minimum absolute atomic E-state index is 0.122. The number of amides is 1. The van der Waals surface area contributed by atoms with Gasteiger partial charge in [0.05, 0.1) is 18.5 Å². The van der Waals surface area contributed by atoms with Gasteiger partial charge in [0.25, 0.3) is 5.91 Å². The van der Waals surface area contributed by atoms with E-state index >= 15 is 0 Å². The maximum absolute atomic E-state index is 12.6. The summed E-state index contributed by atoms with van der Waals surface area (Å²) in [6, 6.07) is 2.54. The molecule has 0 aliphatic heterocycles. The number of fused-ring (bicyclic) bond motifs is 1. The molecule has 28 heavy (non-hydrogen) atoms.